The van der Waals surface area contributed by atoms with Crippen LogP contribution in [0.3, 0.4) is 0 Å². The Morgan fingerprint density at radius 3 is 2.54 bits per heavy atom. The normalized spacial score (nSPS) is 12.0. The average Bonchev–Trinajstić information content (AvgIpc) is 2.64. The molecule has 0 amide bonds. The van der Waals surface area contributed by atoms with Crippen LogP contribution in [0.25, 0.3) is 0 Å². The van der Waals surface area contributed by atoms with Gasteiger partial charge in [-0.2, -0.15) is 0 Å². The van der Waals surface area contributed by atoms with Crippen LogP contribution in [0.15, 0.2) is 42.7 Å². The molecule has 1 aromatic heterocycles. The third kappa shape index (κ3) is 5.83. The number of nitrogens with one attached hydrogen (secondary N) is 1. The van der Waals surface area contributed by atoms with E-state index in [1.54, 1.807) is 26.6 Å². The van der Waals surface area contributed by atoms with Gasteiger partial charge in [-0.15, -0.1) is 0 Å². The highest BCUT2D eigenvalue weighted by atomic mass is 16.5. The summed E-state index contributed by atoms with van der Waals surface area (Å²) in [5.74, 6) is 1.48. The lowest BCUT2D eigenvalue weighted by Crippen LogP contribution is -2.26. The summed E-state index contributed by atoms with van der Waals surface area (Å²) in [6.07, 6.45) is 4.51. The molecule has 0 aliphatic carbocycles. The quantitative estimate of drug-likeness (QED) is 0.725. The highest BCUT2D eigenvalue weighted by molar-refractivity contribution is 5.43. The van der Waals surface area contributed by atoms with Crippen molar-refractivity contribution in [2.45, 2.75) is 32.5 Å². The summed E-state index contributed by atoms with van der Waals surface area (Å²) in [5, 5.41) is 3.48. The van der Waals surface area contributed by atoms with Gasteiger partial charge in [0, 0.05) is 38.7 Å². The highest BCUT2D eigenvalue weighted by Gasteiger charge is 2.07. The van der Waals surface area contributed by atoms with Crippen LogP contribution in [0.5, 0.6) is 11.5 Å². The number of pyridine rings is 1. The zero-order chi connectivity index (χ0) is 17.2. The van der Waals surface area contributed by atoms with Crippen LogP contribution in [0.1, 0.15) is 24.5 Å². The molecule has 2 aromatic rings. The summed E-state index contributed by atoms with van der Waals surface area (Å²) >= 11 is 0. The largest absolute Gasteiger partial charge is 0.493 e. The van der Waals surface area contributed by atoms with E-state index in [9.17, 15) is 0 Å². The molecule has 1 heterocycles. The Morgan fingerprint density at radius 1 is 1.04 bits per heavy atom. The maximum absolute atomic E-state index is 5.86. The van der Waals surface area contributed by atoms with E-state index in [1.807, 2.05) is 24.3 Å². The van der Waals surface area contributed by atoms with E-state index < -0.39 is 0 Å². The molecule has 1 aromatic carbocycles. The van der Waals surface area contributed by atoms with Gasteiger partial charge in [-0.3, -0.25) is 4.98 Å². The fourth-order valence-electron chi connectivity index (χ4n) is 2.27. The predicted molar refractivity (Wildman–Crippen MR) is 94.4 cm³/mol. The number of nitrogens with zero attached hydrogens (tertiary/aromatic N) is 1. The minimum atomic E-state index is 0.401. The van der Waals surface area contributed by atoms with Crippen molar-refractivity contribution in [2.75, 3.05) is 20.8 Å². The first-order valence-corrected chi connectivity index (χ1v) is 8.14. The second kappa shape index (κ2) is 9.90. The number of ether oxygens (including phenoxy) is 3. The molecule has 24 heavy (non-hydrogen) atoms. The molecule has 5 heteroatoms. The second-order valence-electron chi connectivity index (χ2n) is 5.69. The van der Waals surface area contributed by atoms with Crippen molar-refractivity contribution < 1.29 is 14.2 Å². The molecule has 2 rings (SSSR count). The Hall–Kier alpha value is -2.11. The summed E-state index contributed by atoms with van der Waals surface area (Å²) in [6, 6.07) is 10.3. The van der Waals surface area contributed by atoms with Gasteiger partial charge < -0.3 is 19.5 Å². The van der Waals surface area contributed by atoms with E-state index in [2.05, 4.69) is 23.3 Å². The van der Waals surface area contributed by atoms with Crippen molar-refractivity contribution in [3.63, 3.8) is 0 Å². The fraction of sp³-hybridized carbons (Fsp3) is 0.421. The van der Waals surface area contributed by atoms with E-state index in [1.165, 1.54) is 0 Å². The highest BCUT2D eigenvalue weighted by Crippen LogP contribution is 2.28. The fourth-order valence-corrected chi connectivity index (χ4v) is 2.27. The Morgan fingerprint density at radius 2 is 1.83 bits per heavy atom. The molecule has 1 N–H and O–H groups in total. The van der Waals surface area contributed by atoms with Gasteiger partial charge >= 0.3 is 0 Å². The minimum Gasteiger partial charge on any atom is -0.493 e. The number of rotatable bonds is 10. The van der Waals surface area contributed by atoms with Crippen molar-refractivity contribution in [1.82, 2.24) is 10.3 Å². The average molecular weight is 330 g/mol. The van der Waals surface area contributed by atoms with Gasteiger partial charge in [0.05, 0.1) is 7.11 Å². The van der Waals surface area contributed by atoms with Crippen LogP contribution >= 0.6 is 0 Å². The first-order valence-electron chi connectivity index (χ1n) is 8.14. The van der Waals surface area contributed by atoms with Crippen molar-refractivity contribution >= 4 is 0 Å². The van der Waals surface area contributed by atoms with E-state index >= 15 is 0 Å². The van der Waals surface area contributed by atoms with Gasteiger partial charge in [0.15, 0.2) is 11.5 Å². The summed E-state index contributed by atoms with van der Waals surface area (Å²) in [6.45, 7) is 4.19. The number of aromatic nitrogens is 1. The zero-order valence-corrected chi connectivity index (χ0v) is 14.6. The maximum Gasteiger partial charge on any atom is 0.161 e. The van der Waals surface area contributed by atoms with Gasteiger partial charge in [-0.25, -0.2) is 0 Å². The molecule has 0 radical (unpaired) electrons. The van der Waals surface area contributed by atoms with Crippen LogP contribution < -0.4 is 14.8 Å². The first-order chi connectivity index (χ1) is 11.7. The van der Waals surface area contributed by atoms with E-state index in [-0.39, 0.29) is 0 Å². The summed E-state index contributed by atoms with van der Waals surface area (Å²) in [5.41, 5.74) is 2.23. The van der Waals surface area contributed by atoms with Crippen LogP contribution in [-0.4, -0.2) is 31.9 Å². The smallest absolute Gasteiger partial charge is 0.161 e. The molecular weight excluding hydrogens is 304 g/mol. The summed E-state index contributed by atoms with van der Waals surface area (Å²) in [7, 11) is 3.38. The van der Waals surface area contributed by atoms with Gasteiger partial charge in [-0.1, -0.05) is 6.07 Å². The molecule has 0 bridgehead atoms. The second-order valence-corrected chi connectivity index (χ2v) is 5.69. The molecule has 0 saturated carbocycles. The van der Waals surface area contributed by atoms with Gasteiger partial charge in [0.2, 0.25) is 0 Å². The number of hydrogen-bond donors (Lipinski definition) is 1. The first kappa shape index (κ1) is 18.2. The molecule has 0 fully saturated rings. The summed E-state index contributed by atoms with van der Waals surface area (Å²) < 4.78 is 16.4. The molecule has 130 valence electrons. The van der Waals surface area contributed by atoms with Gasteiger partial charge in [0.1, 0.15) is 6.61 Å². The lowest BCUT2D eigenvalue weighted by atomic mass is 10.1. The minimum absolute atomic E-state index is 0.401. The third-order valence-electron chi connectivity index (χ3n) is 3.78. The van der Waals surface area contributed by atoms with Crippen molar-refractivity contribution in [1.29, 1.82) is 0 Å². The monoisotopic (exact) mass is 330 g/mol. The lowest BCUT2D eigenvalue weighted by Gasteiger charge is -2.15. The van der Waals surface area contributed by atoms with Gasteiger partial charge in [0.25, 0.3) is 0 Å². The predicted octanol–water partition coefficient (Wildman–Crippen LogP) is 3.18. The standard InChI is InChI=1S/C19H26N2O3/c1-15(8-11-22-2)21-13-17-4-5-18(19(12-17)23-3)24-14-16-6-9-20-10-7-16/h4-7,9-10,12,15,21H,8,11,13-14H2,1-3H3. The van der Waals surface area contributed by atoms with Crippen LogP contribution in [0, 0.1) is 0 Å². The number of methoxy groups -OCH3 is 2. The molecule has 5 nitrogen and oxygen atoms in total. The molecule has 1 atom stereocenters. The topological polar surface area (TPSA) is 52.6 Å². The zero-order valence-electron chi connectivity index (χ0n) is 14.6. The molecule has 0 spiro atoms. The third-order valence-corrected chi connectivity index (χ3v) is 3.78. The molecule has 0 aliphatic heterocycles. The molecule has 1 unspecified atom stereocenters. The van der Waals surface area contributed by atoms with E-state index in [0.717, 1.165) is 42.2 Å². The van der Waals surface area contributed by atoms with Crippen molar-refractivity contribution in [3.05, 3.63) is 53.9 Å². The SMILES string of the molecule is COCCC(C)NCc1ccc(OCc2ccncc2)c(OC)c1. The van der Waals surface area contributed by atoms with Crippen LogP contribution in [-0.2, 0) is 17.9 Å². The van der Waals surface area contributed by atoms with E-state index in [0.29, 0.717) is 12.6 Å². The van der Waals surface area contributed by atoms with E-state index in [4.69, 9.17) is 14.2 Å². The Bertz CT molecular complexity index is 605. The van der Waals surface area contributed by atoms with Crippen molar-refractivity contribution in [3.8, 4) is 11.5 Å². The Balaban J connectivity index is 1.92. The number of benzene rings is 1. The molecule has 0 saturated heterocycles. The lowest BCUT2D eigenvalue weighted by molar-refractivity contribution is 0.184. The number of hydrogen-bond acceptors (Lipinski definition) is 5. The maximum atomic E-state index is 5.86. The molecule has 0 aliphatic rings. The van der Waals surface area contributed by atoms with Crippen LogP contribution in [0.2, 0.25) is 0 Å². The van der Waals surface area contributed by atoms with Crippen molar-refractivity contribution in [2.24, 2.45) is 0 Å². The Kier molecular flexibility index (Phi) is 7.52. The molecular formula is C19H26N2O3. The van der Waals surface area contributed by atoms with Gasteiger partial charge in [-0.05, 0) is 48.7 Å². The summed E-state index contributed by atoms with van der Waals surface area (Å²) in [4.78, 5) is 4.00. The van der Waals surface area contributed by atoms with Crippen LogP contribution in [0.4, 0.5) is 0 Å². The Labute approximate surface area is 144 Å².